The largest absolute Gasteiger partial charge is 0.480 e. The molecule has 0 bridgehead atoms. The fourth-order valence-electron chi connectivity index (χ4n) is 1.01. The predicted molar refractivity (Wildman–Crippen MR) is 47.4 cm³/mol. The van der Waals surface area contributed by atoms with Crippen molar-refractivity contribution >= 4 is 5.97 Å². The highest BCUT2D eigenvalue weighted by atomic mass is 16.4. The number of nitrogens with zero attached hydrogens (tertiary/aromatic N) is 1. The molecule has 0 spiro atoms. The minimum absolute atomic E-state index is 0.152. The van der Waals surface area contributed by atoms with Gasteiger partial charge in [-0.2, -0.15) is 0 Å². The van der Waals surface area contributed by atoms with Gasteiger partial charge < -0.3 is 5.11 Å². The monoisotopic (exact) mass is 179 g/mol. The summed E-state index contributed by atoms with van der Waals surface area (Å²) < 4.78 is 0. The topological polar surface area (TPSA) is 66.7 Å². The van der Waals surface area contributed by atoms with Gasteiger partial charge in [-0.25, -0.2) is 4.79 Å². The summed E-state index contributed by atoms with van der Waals surface area (Å²) in [6.07, 6.45) is 0.152. The zero-order valence-electron chi connectivity index (χ0n) is 6.88. The third-order valence-corrected chi connectivity index (χ3v) is 1.68. The van der Waals surface area contributed by atoms with Crippen LogP contribution in [0.25, 0.3) is 0 Å². The lowest BCUT2D eigenvalue weighted by Gasteiger charge is -2.02. The minimum atomic E-state index is -1.18. The van der Waals surface area contributed by atoms with E-state index in [2.05, 4.69) is 5.18 Å². The predicted octanol–water partition coefficient (Wildman–Crippen LogP) is 1.45. The molecule has 0 heterocycles. The molecule has 0 radical (unpaired) electrons. The number of carbonyl (C=O) groups is 1. The van der Waals surface area contributed by atoms with E-state index in [4.69, 9.17) is 5.11 Å². The second-order valence-electron chi connectivity index (χ2n) is 2.65. The van der Waals surface area contributed by atoms with Crippen LogP contribution in [0.1, 0.15) is 5.56 Å². The van der Waals surface area contributed by atoms with Crippen molar-refractivity contribution in [2.24, 2.45) is 5.18 Å². The van der Waals surface area contributed by atoms with Gasteiger partial charge >= 0.3 is 5.97 Å². The molecule has 0 aromatic heterocycles. The van der Waals surface area contributed by atoms with Gasteiger partial charge in [-0.1, -0.05) is 35.5 Å². The van der Waals surface area contributed by atoms with Gasteiger partial charge in [0.05, 0.1) is 0 Å². The van der Waals surface area contributed by atoms with Crippen LogP contribution in [-0.2, 0) is 11.2 Å². The summed E-state index contributed by atoms with van der Waals surface area (Å²) in [5, 5.41) is 11.1. The van der Waals surface area contributed by atoms with Crippen molar-refractivity contribution in [2.75, 3.05) is 0 Å². The Labute approximate surface area is 75.2 Å². The molecular weight excluding hydrogens is 170 g/mol. The molecule has 68 valence electrons. The number of hydrogen-bond acceptors (Lipinski definition) is 3. The van der Waals surface area contributed by atoms with E-state index in [1.807, 2.05) is 6.07 Å². The number of aliphatic carboxylic acids is 1. The highest BCUT2D eigenvalue weighted by Crippen LogP contribution is 2.05. The van der Waals surface area contributed by atoms with Gasteiger partial charge in [0.1, 0.15) is 0 Å². The van der Waals surface area contributed by atoms with Crippen LogP contribution in [0.2, 0.25) is 0 Å². The van der Waals surface area contributed by atoms with Crippen LogP contribution in [0.15, 0.2) is 35.5 Å². The van der Waals surface area contributed by atoms with Gasteiger partial charge in [-0.15, -0.1) is 4.91 Å². The summed E-state index contributed by atoms with van der Waals surface area (Å²) in [6, 6.07) is 7.76. The number of rotatable bonds is 4. The normalized spacial score (nSPS) is 12.0. The Morgan fingerprint density at radius 1 is 1.38 bits per heavy atom. The van der Waals surface area contributed by atoms with Gasteiger partial charge in [-0.05, 0) is 5.56 Å². The lowest BCUT2D eigenvalue weighted by molar-refractivity contribution is -0.138. The van der Waals surface area contributed by atoms with Gasteiger partial charge in [0.2, 0.25) is 0 Å². The smallest absolute Gasteiger partial charge is 0.332 e. The molecule has 1 rings (SSSR count). The van der Waals surface area contributed by atoms with E-state index in [-0.39, 0.29) is 6.42 Å². The van der Waals surface area contributed by atoms with Gasteiger partial charge in [0.25, 0.3) is 0 Å². The van der Waals surface area contributed by atoms with E-state index >= 15 is 0 Å². The average molecular weight is 179 g/mol. The molecule has 1 N–H and O–H groups in total. The maximum absolute atomic E-state index is 10.4. The Kier molecular flexibility index (Phi) is 3.14. The van der Waals surface area contributed by atoms with Crippen molar-refractivity contribution in [3.8, 4) is 0 Å². The molecule has 0 saturated carbocycles. The van der Waals surface area contributed by atoms with Crippen LogP contribution >= 0.6 is 0 Å². The van der Waals surface area contributed by atoms with Crippen LogP contribution in [0.5, 0.6) is 0 Å². The van der Waals surface area contributed by atoms with Gasteiger partial charge in [-0.3, -0.25) is 0 Å². The first-order chi connectivity index (χ1) is 6.24. The number of carboxylic acids is 1. The SMILES string of the molecule is O=N[C@H](Cc1ccccc1)C(=O)O. The lowest BCUT2D eigenvalue weighted by atomic mass is 10.1. The molecule has 0 aliphatic heterocycles. The molecule has 0 saturated heterocycles. The molecule has 0 aliphatic rings. The molecule has 1 atom stereocenters. The highest BCUT2D eigenvalue weighted by Gasteiger charge is 2.17. The zero-order chi connectivity index (χ0) is 9.68. The quantitative estimate of drug-likeness (QED) is 0.711. The van der Waals surface area contributed by atoms with Gasteiger partial charge in [0, 0.05) is 6.42 Å². The standard InChI is InChI=1S/C9H9NO3/c11-9(12)8(10-13)6-7-4-2-1-3-5-7/h1-5,8H,6H2,(H,11,12)/t8-/m1/s1. The molecule has 4 nitrogen and oxygen atoms in total. The van der Waals surface area contributed by atoms with E-state index in [9.17, 15) is 9.70 Å². The van der Waals surface area contributed by atoms with Crippen molar-refractivity contribution in [3.05, 3.63) is 40.8 Å². The second-order valence-corrected chi connectivity index (χ2v) is 2.65. The van der Waals surface area contributed by atoms with Crippen molar-refractivity contribution in [2.45, 2.75) is 12.5 Å². The highest BCUT2D eigenvalue weighted by molar-refractivity contribution is 5.74. The van der Waals surface area contributed by atoms with Crippen LogP contribution < -0.4 is 0 Å². The second kappa shape index (κ2) is 4.35. The van der Waals surface area contributed by atoms with Crippen molar-refractivity contribution < 1.29 is 9.90 Å². The number of hydrogen-bond donors (Lipinski definition) is 1. The first-order valence-corrected chi connectivity index (χ1v) is 3.83. The van der Waals surface area contributed by atoms with E-state index < -0.39 is 12.0 Å². The van der Waals surface area contributed by atoms with Crippen LogP contribution in [0.3, 0.4) is 0 Å². The Morgan fingerprint density at radius 3 is 2.46 bits per heavy atom. The molecule has 0 amide bonds. The molecule has 1 aromatic rings. The molecule has 4 heteroatoms. The zero-order valence-corrected chi connectivity index (χ0v) is 6.88. The third-order valence-electron chi connectivity index (χ3n) is 1.68. The number of benzene rings is 1. The Bertz CT molecular complexity index is 297. The first-order valence-electron chi connectivity index (χ1n) is 3.83. The van der Waals surface area contributed by atoms with E-state index in [1.54, 1.807) is 24.3 Å². The van der Waals surface area contributed by atoms with E-state index in [1.165, 1.54) is 0 Å². The van der Waals surface area contributed by atoms with Gasteiger partial charge in [0.15, 0.2) is 6.04 Å². The van der Waals surface area contributed by atoms with Crippen molar-refractivity contribution in [1.29, 1.82) is 0 Å². The maximum Gasteiger partial charge on any atom is 0.332 e. The molecular formula is C9H9NO3. The van der Waals surface area contributed by atoms with Crippen molar-refractivity contribution in [3.63, 3.8) is 0 Å². The molecule has 0 unspecified atom stereocenters. The van der Waals surface area contributed by atoms with Crippen LogP contribution in [0.4, 0.5) is 0 Å². The summed E-state index contributed by atoms with van der Waals surface area (Å²) >= 11 is 0. The molecule has 13 heavy (non-hydrogen) atoms. The third kappa shape index (κ3) is 2.66. The number of nitroso groups, excluding NO2 is 1. The average Bonchev–Trinajstić information content (AvgIpc) is 2.15. The maximum atomic E-state index is 10.4. The summed E-state index contributed by atoms with van der Waals surface area (Å²) in [6.45, 7) is 0. The summed E-state index contributed by atoms with van der Waals surface area (Å²) in [7, 11) is 0. The van der Waals surface area contributed by atoms with Crippen molar-refractivity contribution in [1.82, 2.24) is 0 Å². The fourth-order valence-corrected chi connectivity index (χ4v) is 1.01. The van der Waals surface area contributed by atoms with Crippen LogP contribution in [0, 0.1) is 4.91 Å². The molecule has 0 aliphatic carbocycles. The van der Waals surface area contributed by atoms with E-state index in [0.29, 0.717) is 0 Å². The Hall–Kier alpha value is -1.71. The van der Waals surface area contributed by atoms with Crippen LogP contribution in [-0.4, -0.2) is 17.1 Å². The molecule has 0 fully saturated rings. The molecule has 1 aromatic carbocycles. The summed E-state index contributed by atoms with van der Waals surface area (Å²) in [4.78, 5) is 20.6. The first kappa shape index (κ1) is 9.38. The lowest BCUT2D eigenvalue weighted by Crippen LogP contribution is -2.19. The Balaban J connectivity index is 2.67. The summed E-state index contributed by atoms with van der Waals surface area (Å²) in [5.41, 5.74) is 0.800. The fraction of sp³-hybridized carbons (Fsp3) is 0.222. The summed E-state index contributed by atoms with van der Waals surface area (Å²) in [5.74, 6) is -1.18. The van der Waals surface area contributed by atoms with E-state index in [0.717, 1.165) is 5.56 Å². The minimum Gasteiger partial charge on any atom is -0.480 e. The Morgan fingerprint density at radius 2 is 2.00 bits per heavy atom. The number of carboxylic acid groups (broad SMARTS) is 1.